The average Bonchev–Trinajstić information content (AvgIpc) is 3.03. The van der Waals surface area contributed by atoms with Crippen LogP contribution in [0.1, 0.15) is 16.4 Å². The largest absolute Gasteiger partial charge is 0.318 e. The summed E-state index contributed by atoms with van der Waals surface area (Å²) in [6.45, 7) is 0. The lowest BCUT2D eigenvalue weighted by Gasteiger charge is -2.11. The summed E-state index contributed by atoms with van der Waals surface area (Å²) in [7, 11) is 0. The van der Waals surface area contributed by atoms with Gasteiger partial charge >= 0.3 is 0 Å². The third-order valence-corrected chi connectivity index (χ3v) is 4.31. The van der Waals surface area contributed by atoms with E-state index in [-0.39, 0.29) is 11.6 Å². The molecule has 3 rings (SSSR count). The molecule has 1 aromatic heterocycles. The molecule has 1 N–H and O–H groups in total. The SMILES string of the molecule is O=C(Nc1ccccc1Cl)c1nc(C(Cl)(Cl)Cl)n(-c2cccc(Cl)c2)n1. The van der Waals surface area contributed by atoms with Gasteiger partial charge in [0.2, 0.25) is 9.62 Å². The van der Waals surface area contributed by atoms with Crippen LogP contribution in [0.2, 0.25) is 10.0 Å². The molecule has 5 nitrogen and oxygen atoms in total. The molecule has 0 fully saturated rings. The van der Waals surface area contributed by atoms with Crippen molar-refractivity contribution in [3.05, 3.63) is 70.2 Å². The quantitative estimate of drug-likeness (QED) is 0.525. The van der Waals surface area contributed by atoms with Gasteiger partial charge in [-0.3, -0.25) is 4.79 Å². The van der Waals surface area contributed by atoms with Gasteiger partial charge < -0.3 is 5.32 Å². The maximum Gasteiger partial charge on any atom is 0.295 e. The molecule has 0 saturated heterocycles. The van der Waals surface area contributed by atoms with Crippen molar-refractivity contribution >= 4 is 69.6 Å². The van der Waals surface area contributed by atoms with E-state index < -0.39 is 9.70 Å². The third-order valence-electron chi connectivity index (χ3n) is 3.24. The molecule has 10 heteroatoms. The van der Waals surface area contributed by atoms with Crippen LogP contribution < -0.4 is 5.32 Å². The molecular formula is C16H9Cl5N4O. The molecule has 2 aromatic carbocycles. The van der Waals surface area contributed by atoms with Gasteiger partial charge in [0.05, 0.1) is 16.4 Å². The molecule has 0 aliphatic rings. The van der Waals surface area contributed by atoms with Crippen molar-refractivity contribution in [3.63, 3.8) is 0 Å². The molecule has 0 saturated carbocycles. The highest BCUT2D eigenvalue weighted by atomic mass is 35.6. The van der Waals surface area contributed by atoms with Gasteiger partial charge in [-0.05, 0) is 30.3 Å². The number of carbonyl (C=O) groups excluding carboxylic acids is 1. The van der Waals surface area contributed by atoms with Crippen LogP contribution in [0.4, 0.5) is 5.69 Å². The Balaban J connectivity index is 2.01. The number of carbonyl (C=O) groups is 1. The van der Waals surface area contributed by atoms with E-state index in [0.717, 1.165) is 0 Å². The molecule has 0 aliphatic carbocycles. The highest BCUT2D eigenvalue weighted by Gasteiger charge is 2.33. The zero-order valence-corrected chi connectivity index (χ0v) is 16.5. The summed E-state index contributed by atoms with van der Waals surface area (Å²) in [5.41, 5.74) is 0.900. The van der Waals surface area contributed by atoms with E-state index in [0.29, 0.717) is 21.4 Å². The predicted molar refractivity (Wildman–Crippen MR) is 105 cm³/mol. The Hall–Kier alpha value is -1.50. The number of rotatable bonds is 3. The Kier molecular flexibility index (Phi) is 5.65. The molecule has 0 aliphatic heterocycles. The summed E-state index contributed by atoms with van der Waals surface area (Å²) in [6.07, 6.45) is 0. The Bertz CT molecular complexity index is 967. The maximum absolute atomic E-state index is 12.5. The van der Waals surface area contributed by atoms with Gasteiger partial charge in [0.15, 0.2) is 5.82 Å². The van der Waals surface area contributed by atoms with Gasteiger partial charge in [0.25, 0.3) is 5.91 Å². The second-order valence-corrected chi connectivity index (χ2v) is 8.21. The van der Waals surface area contributed by atoms with Crippen LogP contribution in [0.15, 0.2) is 48.5 Å². The second kappa shape index (κ2) is 7.62. The molecule has 1 amide bonds. The molecule has 3 aromatic rings. The number of benzene rings is 2. The van der Waals surface area contributed by atoms with Crippen LogP contribution in [-0.4, -0.2) is 20.7 Å². The first kappa shape index (κ1) is 19.3. The summed E-state index contributed by atoms with van der Waals surface area (Å²) < 4.78 is -0.654. The summed E-state index contributed by atoms with van der Waals surface area (Å²) in [4.78, 5) is 16.6. The van der Waals surface area contributed by atoms with Crippen molar-refractivity contribution in [2.45, 2.75) is 3.79 Å². The van der Waals surface area contributed by atoms with Gasteiger partial charge in [-0.1, -0.05) is 76.2 Å². The molecule has 0 bridgehead atoms. The fourth-order valence-electron chi connectivity index (χ4n) is 2.12. The van der Waals surface area contributed by atoms with Gasteiger partial charge in [-0.2, -0.15) is 0 Å². The zero-order valence-electron chi connectivity index (χ0n) is 12.8. The molecule has 0 atom stereocenters. The van der Waals surface area contributed by atoms with E-state index in [1.165, 1.54) is 4.68 Å². The van der Waals surface area contributed by atoms with Crippen molar-refractivity contribution in [2.75, 3.05) is 5.32 Å². The number of hydrogen-bond acceptors (Lipinski definition) is 3. The topological polar surface area (TPSA) is 59.8 Å². The Morgan fingerprint density at radius 3 is 2.42 bits per heavy atom. The fraction of sp³-hybridized carbons (Fsp3) is 0.0625. The monoisotopic (exact) mass is 448 g/mol. The van der Waals surface area contributed by atoms with E-state index >= 15 is 0 Å². The number of hydrogen-bond donors (Lipinski definition) is 1. The van der Waals surface area contributed by atoms with E-state index in [1.54, 1.807) is 48.5 Å². The number of amides is 1. The Morgan fingerprint density at radius 1 is 1.04 bits per heavy atom. The van der Waals surface area contributed by atoms with Crippen molar-refractivity contribution < 1.29 is 4.79 Å². The fourth-order valence-corrected chi connectivity index (χ4v) is 2.85. The lowest BCUT2D eigenvalue weighted by molar-refractivity contribution is 0.101. The average molecular weight is 451 g/mol. The van der Waals surface area contributed by atoms with E-state index in [2.05, 4.69) is 15.4 Å². The lowest BCUT2D eigenvalue weighted by Crippen LogP contribution is -2.14. The summed E-state index contributed by atoms with van der Waals surface area (Å²) >= 11 is 30.0. The smallest absolute Gasteiger partial charge is 0.295 e. The first-order chi connectivity index (χ1) is 12.3. The lowest BCUT2D eigenvalue weighted by atomic mass is 10.3. The van der Waals surface area contributed by atoms with Crippen molar-refractivity contribution in [1.29, 1.82) is 0 Å². The predicted octanol–water partition coefficient (Wildman–Crippen LogP) is 5.65. The molecular weight excluding hydrogens is 441 g/mol. The number of anilines is 1. The van der Waals surface area contributed by atoms with Crippen molar-refractivity contribution in [1.82, 2.24) is 14.8 Å². The molecule has 0 unspecified atom stereocenters. The maximum atomic E-state index is 12.5. The first-order valence-electron chi connectivity index (χ1n) is 7.12. The van der Waals surface area contributed by atoms with E-state index in [9.17, 15) is 4.79 Å². The normalized spacial score (nSPS) is 11.4. The van der Waals surface area contributed by atoms with Crippen LogP contribution in [0.5, 0.6) is 0 Å². The number of aromatic nitrogens is 3. The number of nitrogens with one attached hydrogen (secondary N) is 1. The van der Waals surface area contributed by atoms with E-state index in [4.69, 9.17) is 58.0 Å². The first-order valence-corrected chi connectivity index (χ1v) is 9.01. The molecule has 134 valence electrons. The molecule has 1 heterocycles. The molecule has 0 spiro atoms. The zero-order chi connectivity index (χ0) is 18.9. The minimum atomic E-state index is -1.90. The van der Waals surface area contributed by atoms with Crippen LogP contribution in [0, 0.1) is 0 Å². The van der Waals surface area contributed by atoms with Crippen LogP contribution in [0.3, 0.4) is 0 Å². The number of halogens is 5. The minimum absolute atomic E-state index is 0.0472. The van der Waals surface area contributed by atoms with Gasteiger partial charge in [0, 0.05) is 5.02 Å². The van der Waals surface area contributed by atoms with E-state index in [1.807, 2.05) is 0 Å². The summed E-state index contributed by atoms with van der Waals surface area (Å²) in [5, 5.41) is 7.60. The number of para-hydroxylation sites is 1. The van der Waals surface area contributed by atoms with Crippen molar-refractivity contribution in [2.24, 2.45) is 0 Å². The summed E-state index contributed by atoms with van der Waals surface area (Å²) in [6, 6.07) is 13.4. The van der Waals surface area contributed by atoms with Gasteiger partial charge in [0.1, 0.15) is 0 Å². The second-order valence-electron chi connectivity index (χ2n) is 5.08. The van der Waals surface area contributed by atoms with Crippen molar-refractivity contribution in [3.8, 4) is 5.69 Å². The van der Waals surface area contributed by atoms with Crippen LogP contribution in [-0.2, 0) is 3.79 Å². The highest BCUT2D eigenvalue weighted by Crippen LogP contribution is 2.38. The third kappa shape index (κ3) is 4.24. The molecule has 0 radical (unpaired) electrons. The Morgan fingerprint density at radius 2 is 1.77 bits per heavy atom. The minimum Gasteiger partial charge on any atom is -0.318 e. The number of nitrogens with zero attached hydrogens (tertiary/aromatic N) is 3. The van der Waals surface area contributed by atoms with Crippen LogP contribution >= 0.6 is 58.0 Å². The van der Waals surface area contributed by atoms with Gasteiger partial charge in [-0.25, -0.2) is 9.67 Å². The van der Waals surface area contributed by atoms with Gasteiger partial charge in [-0.15, -0.1) is 5.10 Å². The van der Waals surface area contributed by atoms with Crippen LogP contribution in [0.25, 0.3) is 5.69 Å². The highest BCUT2D eigenvalue weighted by molar-refractivity contribution is 6.66. The molecule has 26 heavy (non-hydrogen) atoms. The standard InChI is InChI=1S/C16H9Cl5N4O/c17-9-4-3-5-10(8-9)25-15(16(19,20)21)23-13(24-25)14(26)22-12-7-2-1-6-11(12)18/h1-8H,(H,22,26). The summed E-state index contributed by atoms with van der Waals surface area (Å²) in [5.74, 6) is -0.838. The number of alkyl halides is 3. The Labute approximate surface area is 173 Å².